The number of hydrogen-bond donors (Lipinski definition) is 2. The van der Waals surface area contributed by atoms with Crippen molar-refractivity contribution >= 4 is 21.8 Å². The highest BCUT2D eigenvalue weighted by atomic mass is 32.2. The van der Waals surface area contributed by atoms with Crippen LogP contribution in [0.1, 0.15) is 19.4 Å². The third-order valence-electron chi connectivity index (χ3n) is 2.59. The lowest BCUT2D eigenvalue weighted by atomic mass is 10.2. The fraction of sp³-hybridized carbons (Fsp3) is 0.538. The first-order valence-corrected chi connectivity index (χ1v) is 9.20. The maximum atomic E-state index is 12.2. The van der Waals surface area contributed by atoms with E-state index in [9.17, 15) is 13.5 Å². The summed E-state index contributed by atoms with van der Waals surface area (Å²) < 4.78 is 32.4. The van der Waals surface area contributed by atoms with Gasteiger partial charge < -0.3 is 9.84 Å². The topological polar surface area (TPSA) is 75.6 Å². The van der Waals surface area contributed by atoms with E-state index in [4.69, 9.17) is 4.74 Å². The molecule has 1 aromatic carbocycles. The number of benzene rings is 1. The number of hydrogen-bond acceptors (Lipinski definition) is 5. The van der Waals surface area contributed by atoms with Crippen LogP contribution in [0, 0.1) is 0 Å². The van der Waals surface area contributed by atoms with E-state index in [1.54, 1.807) is 17.8 Å². The van der Waals surface area contributed by atoms with Gasteiger partial charge in [-0.05, 0) is 38.3 Å². The molecule has 114 valence electrons. The van der Waals surface area contributed by atoms with Crippen molar-refractivity contribution in [3.8, 4) is 5.75 Å². The largest absolute Gasteiger partial charge is 0.494 e. The van der Waals surface area contributed by atoms with Crippen LogP contribution in [-0.2, 0) is 16.6 Å². The zero-order valence-electron chi connectivity index (χ0n) is 11.9. The van der Waals surface area contributed by atoms with E-state index < -0.39 is 10.0 Å². The minimum absolute atomic E-state index is 0.137. The Bertz CT molecular complexity index is 531. The lowest BCUT2D eigenvalue weighted by Crippen LogP contribution is -2.34. The number of aliphatic hydroxyl groups excluding tert-OH is 1. The number of thioether (sulfide) groups is 1. The summed E-state index contributed by atoms with van der Waals surface area (Å²) in [5.74, 6) is 1.20. The predicted octanol–water partition coefficient (Wildman–Crippen LogP) is 1.61. The molecule has 0 fully saturated rings. The Morgan fingerprint density at radius 3 is 2.70 bits per heavy atom. The van der Waals surface area contributed by atoms with Crippen LogP contribution < -0.4 is 9.46 Å². The van der Waals surface area contributed by atoms with Crippen LogP contribution in [0.15, 0.2) is 23.1 Å². The quantitative estimate of drug-likeness (QED) is 0.761. The molecule has 20 heavy (non-hydrogen) atoms. The van der Waals surface area contributed by atoms with Gasteiger partial charge in [0.2, 0.25) is 10.0 Å². The molecule has 0 saturated heterocycles. The van der Waals surface area contributed by atoms with Gasteiger partial charge in [-0.15, -0.1) is 0 Å². The van der Waals surface area contributed by atoms with Crippen molar-refractivity contribution in [2.75, 3.05) is 18.6 Å². The van der Waals surface area contributed by atoms with Crippen LogP contribution >= 0.6 is 11.8 Å². The third-order valence-corrected chi connectivity index (χ3v) is 5.01. The monoisotopic (exact) mass is 319 g/mol. The molecule has 0 saturated carbocycles. The fourth-order valence-electron chi connectivity index (χ4n) is 1.76. The summed E-state index contributed by atoms with van der Waals surface area (Å²) >= 11 is 1.58. The summed E-state index contributed by atoms with van der Waals surface area (Å²) in [5, 5.41) is 9.30. The predicted molar refractivity (Wildman–Crippen MR) is 81.7 cm³/mol. The molecule has 0 aliphatic rings. The number of sulfonamides is 1. The fourth-order valence-corrected chi connectivity index (χ4v) is 3.74. The Labute approximate surface area is 124 Å². The summed E-state index contributed by atoms with van der Waals surface area (Å²) in [4.78, 5) is 0.137. The lowest BCUT2D eigenvalue weighted by Gasteiger charge is -2.15. The second kappa shape index (κ2) is 7.87. The van der Waals surface area contributed by atoms with Gasteiger partial charge in [0.05, 0.1) is 18.1 Å². The van der Waals surface area contributed by atoms with Crippen molar-refractivity contribution in [2.24, 2.45) is 0 Å². The van der Waals surface area contributed by atoms with Gasteiger partial charge in [0.1, 0.15) is 5.75 Å². The molecule has 0 aliphatic carbocycles. The van der Waals surface area contributed by atoms with E-state index >= 15 is 0 Å². The normalized spacial score (nSPS) is 13.2. The highest BCUT2D eigenvalue weighted by molar-refractivity contribution is 7.98. The molecule has 0 aliphatic heterocycles. The van der Waals surface area contributed by atoms with E-state index in [1.807, 2.05) is 20.1 Å². The summed E-state index contributed by atoms with van der Waals surface area (Å²) in [5.41, 5.74) is 0.465. The molecule has 1 unspecified atom stereocenters. The Kier molecular flexibility index (Phi) is 6.81. The average Bonchev–Trinajstić information content (AvgIpc) is 2.39. The van der Waals surface area contributed by atoms with Crippen LogP contribution in [0.3, 0.4) is 0 Å². The van der Waals surface area contributed by atoms with E-state index in [-0.39, 0.29) is 17.5 Å². The van der Waals surface area contributed by atoms with E-state index in [2.05, 4.69) is 4.72 Å². The molecule has 1 atom stereocenters. The Balaban J connectivity index is 3.01. The first-order valence-electron chi connectivity index (χ1n) is 6.32. The van der Waals surface area contributed by atoms with Crippen molar-refractivity contribution in [3.05, 3.63) is 23.8 Å². The van der Waals surface area contributed by atoms with Crippen LogP contribution in [0.2, 0.25) is 0 Å². The zero-order chi connectivity index (χ0) is 15.2. The third kappa shape index (κ3) is 4.66. The van der Waals surface area contributed by atoms with Crippen molar-refractivity contribution < 1.29 is 18.3 Å². The molecular weight excluding hydrogens is 298 g/mol. The van der Waals surface area contributed by atoms with E-state index in [0.717, 1.165) is 0 Å². The number of aliphatic hydroxyl groups is 1. The van der Waals surface area contributed by atoms with Crippen LogP contribution in [-0.4, -0.2) is 38.2 Å². The second-order valence-electron chi connectivity index (χ2n) is 4.34. The first-order chi connectivity index (χ1) is 9.44. The molecule has 7 heteroatoms. The van der Waals surface area contributed by atoms with Crippen LogP contribution in [0.5, 0.6) is 5.75 Å². The Morgan fingerprint density at radius 1 is 1.45 bits per heavy atom. The average molecular weight is 319 g/mol. The van der Waals surface area contributed by atoms with Gasteiger partial charge in [-0.25, -0.2) is 13.1 Å². The molecule has 0 bridgehead atoms. The van der Waals surface area contributed by atoms with Gasteiger partial charge in [-0.3, -0.25) is 0 Å². The van der Waals surface area contributed by atoms with Crippen molar-refractivity contribution in [3.63, 3.8) is 0 Å². The highest BCUT2D eigenvalue weighted by Gasteiger charge is 2.18. The summed E-state index contributed by atoms with van der Waals surface area (Å²) in [6.45, 7) is 3.84. The minimum Gasteiger partial charge on any atom is -0.494 e. The summed E-state index contributed by atoms with van der Waals surface area (Å²) in [7, 11) is -3.58. The SMILES string of the molecule is CCOc1ccc(S(=O)(=O)NC(C)CSC)cc1CO. The minimum atomic E-state index is -3.58. The smallest absolute Gasteiger partial charge is 0.240 e. The summed E-state index contributed by atoms with van der Waals surface area (Å²) in [6.07, 6.45) is 1.92. The standard InChI is InChI=1S/C13H21NO4S2/c1-4-18-13-6-5-12(7-11(13)8-15)20(16,17)14-10(2)9-19-3/h5-7,10,14-15H,4,8-9H2,1-3H3. The molecule has 2 N–H and O–H groups in total. The molecule has 1 aromatic rings. The molecule has 5 nitrogen and oxygen atoms in total. The number of rotatable bonds is 8. The Hall–Kier alpha value is -0.760. The second-order valence-corrected chi connectivity index (χ2v) is 6.96. The van der Waals surface area contributed by atoms with Crippen molar-refractivity contribution in [1.82, 2.24) is 4.72 Å². The maximum Gasteiger partial charge on any atom is 0.240 e. The van der Waals surface area contributed by atoms with Gasteiger partial charge in [0, 0.05) is 17.4 Å². The number of ether oxygens (including phenoxy) is 1. The molecule has 0 spiro atoms. The van der Waals surface area contributed by atoms with Gasteiger partial charge in [-0.2, -0.15) is 11.8 Å². The van der Waals surface area contributed by atoms with Crippen LogP contribution in [0.25, 0.3) is 0 Å². The molecule has 0 amide bonds. The van der Waals surface area contributed by atoms with Crippen LogP contribution in [0.4, 0.5) is 0 Å². The van der Waals surface area contributed by atoms with Gasteiger partial charge >= 0.3 is 0 Å². The van der Waals surface area contributed by atoms with E-state index in [0.29, 0.717) is 23.7 Å². The zero-order valence-corrected chi connectivity index (χ0v) is 13.6. The summed E-state index contributed by atoms with van der Waals surface area (Å²) in [6, 6.07) is 4.35. The molecule has 0 heterocycles. The van der Waals surface area contributed by atoms with Gasteiger partial charge in [0.25, 0.3) is 0 Å². The van der Waals surface area contributed by atoms with Crippen molar-refractivity contribution in [2.45, 2.75) is 31.4 Å². The molecule has 0 aromatic heterocycles. The Morgan fingerprint density at radius 2 is 2.15 bits per heavy atom. The lowest BCUT2D eigenvalue weighted by molar-refractivity contribution is 0.266. The maximum absolute atomic E-state index is 12.2. The molecule has 1 rings (SSSR count). The first kappa shape index (κ1) is 17.3. The molecule has 0 radical (unpaired) electrons. The van der Waals surface area contributed by atoms with Crippen molar-refractivity contribution in [1.29, 1.82) is 0 Å². The van der Waals surface area contributed by atoms with Gasteiger partial charge in [-0.1, -0.05) is 0 Å². The molecular formula is C13H21NO4S2. The van der Waals surface area contributed by atoms with E-state index in [1.165, 1.54) is 12.1 Å². The van der Waals surface area contributed by atoms with Gasteiger partial charge in [0.15, 0.2) is 0 Å². The highest BCUT2D eigenvalue weighted by Crippen LogP contribution is 2.23. The number of nitrogens with one attached hydrogen (secondary N) is 1.